The highest BCUT2D eigenvalue weighted by Crippen LogP contribution is 2.11. The highest BCUT2D eigenvalue weighted by atomic mass is 16.3. The summed E-state index contributed by atoms with van der Waals surface area (Å²) in [6.07, 6.45) is 3.17. The van der Waals surface area contributed by atoms with Gasteiger partial charge in [-0.1, -0.05) is 0 Å². The second kappa shape index (κ2) is 5.97. The molecule has 1 aliphatic rings. The van der Waals surface area contributed by atoms with E-state index in [1.807, 2.05) is 12.1 Å². The van der Waals surface area contributed by atoms with Crippen molar-refractivity contribution >= 4 is 5.91 Å². The SMILES string of the molecule is O=C(c1cc[nH]c(=O)c1)N1CCN(Cc2ccco2)CC1. The van der Waals surface area contributed by atoms with Crippen LogP contribution in [0.3, 0.4) is 0 Å². The first kappa shape index (κ1) is 13.6. The fourth-order valence-corrected chi connectivity index (χ4v) is 2.49. The Labute approximate surface area is 122 Å². The number of hydrogen-bond acceptors (Lipinski definition) is 4. The maximum atomic E-state index is 12.3. The number of furan rings is 1. The molecule has 0 saturated carbocycles. The molecule has 2 aromatic heterocycles. The van der Waals surface area contributed by atoms with Crippen LogP contribution in [-0.2, 0) is 6.54 Å². The molecule has 6 heteroatoms. The summed E-state index contributed by atoms with van der Waals surface area (Å²) in [6.45, 7) is 3.68. The van der Waals surface area contributed by atoms with E-state index in [1.165, 1.54) is 12.3 Å². The van der Waals surface area contributed by atoms with Crippen LogP contribution in [0.15, 0.2) is 45.9 Å². The molecule has 0 radical (unpaired) electrons. The van der Waals surface area contributed by atoms with Crippen molar-refractivity contribution in [1.82, 2.24) is 14.8 Å². The van der Waals surface area contributed by atoms with Crippen molar-refractivity contribution in [1.29, 1.82) is 0 Å². The van der Waals surface area contributed by atoms with E-state index in [-0.39, 0.29) is 11.5 Å². The van der Waals surface area contributed by atoms with Crippen molar-refractivity contribution in [2.45, 2.75) is 6.54 Å². The Morgan fingerprint density at radius 2 is 2.05 bits per heavy atom. The van der Waals surface area contributed by atoms with E-state index in [4.69, 9.17) is 4.42 Å². The number of carbonyl (C=O) groups is 1. The number of piperazine rings is 1. The van der Waals surface area contributed by atoms with Gasteiger partial charge in [0.25, 0.3) is 5.91 Å². The first-order chi connectivity index (χ1) is 10.2. The maximum Gasteiger partial charge on any atom is 0.254 e. The molecular formula is C15H17N3O3. The number of pyridine rings is 1. The van der Waals surface area contributed by atoms with E-state index in [0.29, 0.717) is 18.7 Å². The molecule has 1 fully saturated rings. The normalized spacial score (nSPS) is 16.1. The number of carbonyl (C=O) groups excluding carboxylic acids is 1. The van der Waals surface area contributed by atoms with Crippen molar-refractivity contribution in [2.24, 2.45) is 0 Å². The van der Waals surface area contributed by atoms with Gasteiger partial charge in [-0.15, -0.1) is 0 Å². The summed E-state index contributed by atoms with van der Waals surface area (Å²) in [5.41, 5.74) is 0.190. The third-order valence-electron chi connectivity index (χ3n) is 3.64. The minimum absolute atomic E-state index is 0.0845. The molecule has 0 bridgehead atoms. The lowest BCUT2D eigenvalue weighted by atomic mass is 10.2. The standard InChI is InChI=1S/C15H17N3O3/c19-14-10-12(3-4-16-14)15(20)18-7-5-17(6-8-18)11-13-2-1-9-21-13/h1-4,9-10H,5-8,11H2,(H,16,19). The van der Waals surface area contributed by atoms with Gasteiger partial charge in [-0.05, 0) is 18.2 Å². The second-order valence-electron chi connectivity index (χ2n) is 5.09. The number of nitrogens with zero attached hydrogens (tertiary/aromatic N) is 2. The predicted molar refractivity (Wildman–Crippen MR) is 77.0 cm³/mol. The third-order valence-corrected chi connectivity index (χ3v) is 3.64. The Morgan fingerprint density at radius 3 is 2.71 bits per heavy atom. The van der Waals surface area contributed by atoms with Gasteiger partial charge in [0.2, 0.25) is 5.56 Å². The lowest BCUT2D eigenvalue weighted by molar-refractivity contribution is 0.0620. The van der Waals surface area contributed by atoms with Gasteiger partial charge in [-0.3, -0.25) is 14.5 Å². The van der Waals surface area contributed by atoms with Crippen molar-refractivity contribution < 1.29 is 9.21 Å². The molecule has 0 aliphatic carbocycles. The first-order valence-corrected chi connectivity index (χ1v) is 6.95. The molecule has 3 rings (SSSR count). The highest BCUT2D eigenvalue weighted by molar-refractivity contribution is 5.94. The zero-order valence-electron chi connectivity index (χ0n) is 11.6. The van der Waals surface area contributed by atoms with E-state index in [2.05, 4.69) is 9.88 Å². The van der Waals surface area contributed by atoms with Crippen LogP contribution in [0, 0.1) is 0 Å². The number of rotatable bonds is 3. The van der Waals surface area contributed by atoms with Crippen LogP contribution in [0.5, 0.6) is 0 Å². The van der Waals surface area contributed by atoms with Gasteiger partial charge in [0.1, 0.15) is 5.76 Å². The molecule has 110 valence electrons. The van der Waals surface area contributed by atoms with Crippen molar-refractivity contribution in [3.05, 3.63) is 58.4 Å². The van der Waals surface area contributed by atoms with Gasteiger partial charge in [-0.25, -0.2) is 0 Å². The molecule has 0 atom stereocenters. The Balaban J connectivity index is 1.58. The van der Waals surface area contributed by atoms with Crippen LogP contribution in [0.25, 0.3) is 0 Å². The predicted octanol–water partition coefficient (Wildman–Crippen LogP) is 0.926. The molecule has 0 spiro atoms. The largest absolute Gasteiger partial charge is 0.468 e. The van der Waals surface area contributed by atoms with Gasteiger partial charge in [-0.2, -0.15) is 0 Å². The number of aromatic amines is 1. The van der Waals surface area contributed by atoms with Crippen molar-refractivity contribution in [3.63, 3.8) is 0 Å². The van der Waals surface area contributed by atoms with Gasteiger partial charge in [0.15, 0.2) is 0 Å². The van der Waals surface area contributed by atoms with Crippen LogP contribution < -0.4 is 5.56 Å². The maximum absolute atomic E-state index is 12.3. The van der Waals surface area contributed by atoms with Gasteiger partial charge < -0.3 is 14.3 Å². The van der Waals surface area contributed by atoms with Crippen LogP contribution in [0.1, 0.15) is 16.1 Å². The van der Waals surface area contributed by atoms with Gasteiger partial charge in [0.05, 0.1) is 12.8 Å². The summed E-state index contributed by atoms with van der Waals surface area (Å²) < 4.78 is 5.33. The number of hydrogen-bond donors (Lipinski definition) is 1. The molecule has 0 aromatic carbocycles. The molecule has 6 nitrogen and oxygen atoms in total. The van der Waals surface area contributed by atoms with E-state index in [9.17, 15) is 9.59 Å². The first-order valence-electron chi connectivity index (χ1n) is 6.95. The van der Waals surface area contributed by atoms with Gasteiger partial charge >= 0.3 is 0 Å². The monoisotopic (exact) mass is 287 g/mol. The van der Waals surface area contributed by atoms with Crippen LogP contribution in [0.4, 0.5) is 0 Å². The molecule has 1 aliphatic heterocycles. The topological polar surface area (TPSA) is 69.6 Å². The second-order valence-corrected chi connectivity index (χ2v) is 5.09. The molecule has 21 heavy (non-hydrogen) atoms. The molecule has 1 amide bonds. The molecule has 1 N–H and O–H groups in total. The Hall–Kier alpha value is -2.34. The summed E-state index contributed by atoms with van der Waals surface area (Å²) >= 11 is 0. The van der Waals surface area contributed by atoms with E-state index < -0.39 is 0 Å². The van der Waals surface area contributed by atoms with E-state index in [1.54, 1.807) is 17.2 Å². The Morgan fingerprint density at radius 1 is 1.24 bits per heavy atom. The number of H-pyrrole nitrogens is 1. The Bertz CT molecular complexity index is 655. The smallest absolute Gasteiger partial charge is 0.254 e. The van der Waals surface area contributed by atoms with E-state index >= 15 is 0 Å². The van der Waals surface area contributed by atoms with Crippen molar-refractivity contribution in [2.75, 3.05) is 26.2 Å². The lowest BCUT2D eigenvalue weighted by Crippen LogP contribution is -2.48. The molecule has 3 heterocycles. The zero-order valence-corrected chi connectivity index (χ0v) is 11.6. The lowest BCUT2D eigenvalue weighted by Gasteiger charge is -2.34. The fourth-order valence-electron chi connectivity index (χ4n) is 2.49. The third kappa shape index (κ3) is 3.22. The molecule has 1 saturated heterocycles. The summed E-state index contributed by atoms with van der Waals surface area (Å²) in [5.74, 6) is 0.850. The minimum Gasteiger partial charge on any atom is -0.468 e. The van der Waals surface area contributed by atoms with E-state index in [0.717, 1.165) is 25.4 Å². The number of nitrogens with one attached hydrogen (secondary N) is 1. The van der Waals surface area contributed by atoms with Crippen LogP contribution in [0.2, 0.25) is 0 Å². The summed E-state index contributed by atoms with van der Waals surface area (Å²) in [7, 11) is 0. The van der Waals surface area contributed by atoms with Crippen LogP contribution >= 0.6 is 0 Å². The molecule has 2 aromatic rings. The van der Waals surface area contributed by atoms with Crippen LogP contribution in [-0.4, -0.2) is 46.9 Å². The quantitative estimate of drug-likeness (QED) is 0.911. The molecule has 0 unspecified atom stereocenters. The van der Waals surface area contributed by atoms with Crippen molar-refractivity contribution in [3.8, 4) is 0 Å². The van der Waals surface area contributed by atoms with Gasteiger partial charge in [0, 0.05) is 44.0 Å². The number of aromatic nitrogens is 1. The average Bonchev–Trinajstić information content (AvgIpc) is 3.00. The zero-order chi connectivity index (χ0) is 14.7. The highest BCUT2D eigenvalue weighted by Gasteiger charge is 2.22. The number of amides is 1. The summed E-state index contributed by atoms with van der Waals surface area (Å²) in [6, 6.07) is 6.81. The average molecular weight is 287 g/mol. The minimum atomic E-state index is -0.252. The molecular weight excluding hydrogens is 270 g/mol. The summed E-state index contributed by atoms with van der Waals surface area (Å²) in [4.78, 5) is 30.1. The Kier molecular flexibility index (Phi) is 3.87. The fraction of sp³-hybridized carbons (Fsp3) is 0.333. The summed E-state index contributed by atoms with van der Waals surface area (Å²) in [5, 5.41) is 0.